The number of non-ortho nitro benzene ring substituents is 1. The van der Waals surface area contributed by atoms with Crippen molar-refractivity contribution in [2.24, 2.45) is 0 Å². The maximum absolute atomic E-state index is 13.2. The number of nitrogens with one attached hydrogen (secondary N) is 1. The Morgan fingerprint density at radius 3 is 2.09 bits per heavy atom. The summed E-state index contributed by atoms with van der Waals surface area (Å²) in [7, 11) is 0.558. The molecule has 0 aliphatic heterocycles. The highest BCUT2D eigenvalue weighted by molar-refractivity contribution is 7.33. The maximum atomic E-state index is 13.2. The molecule has 0 radical (unpaired) electrons. The van der Waals surface area contributed by atoms with Crippen molar-refractivity contribution >= 4 is 25.3 Å². The zero-order valence-corrected chi connectivity index (χ0v) is 18.0. The molecule has 0 aliphatic carbocycles. The lowest BCUT2D eigenvalue weighted by Gasteiger charge is -2.14. The topological polar surface area (TPSA) is 143 Å². The molecule has 176 valence electrons. The van der Waals surface area contributed by atoms with Gasteiger partial charge in [0.2, 0.25) is 0 Å². The fraction of sp³-hybridized carbons (Fsp3) is 0.294. The van der Waals surface area contributed by atoms with Crippen molar-refractivity contribution in [2.75, 3.05) is 26.1 Å². The average molecular weight is 481 g/mol. The molecule has 0 heterocycles. The van der Waals surface area contributed by atoms with Gasteiger partial charge in [-0.15, -0.1) is 0 Å². The van der Waals surface area contributed by atoms with Gasteiger partial charge in [0.1, 0.15) is 22.7 Å². The van der Waals surface area contributed by atoms with Crippen LogP contribution >= 0.6 is 8.25 Å². The molecule has 11 nitrogen and oxygen atoms in total. The number of hydrogen-bond acceptors (Lipinski definition) is 9. The molecule has 0 aromatic heterocycles. The van der Waals surface area contributed by atoms with Crippen LogP contribution in [0.3, 0.4) is 0 Å². The van der Waals surface area contributed by atoms with Gasteiger partial charge in [0, 0.05) is 45.0 Å². The first-order valence-corrected chi connectivity index (χ1v) is 9.84. The second-order valence-electron chi connectivity index (χ2n) is 5.66. The van der Waals surface area contributed by atoms with Crippen molar-refractivity contribution in [3.05, 3.63) is 62.2 Å². The van der Waals surface area contributed by atoms with Crippen LogP contribution in [-0.2, 0) is 19.8 Å². The van der Waals surface area contributed by atoms with Gasteiger partial charge in [0.25, 0.3) is 11.4 Å². The van der Waals surface area contributed by atoms with Crippen molar-refractivity contribution in [1.82, 2.24) is 0 Å². The van der Waals surface area contributed by atoms with Crippen LogP contribution in [0.2, 0.25) is 0 Å². The summed E-state index contributed by atoms with van der Waals surface area (Å²) in [4.78, 5) is 20.1. The van der Waals surface area contributed by atoms with Gasteiger partial charge in [-0.05, 0) is 19.1 Å². The molecular weight excluding hydrogens is 462 g/mol. The van der Waals surface area contributed by atoms with Crippen molar-refractivity contribution in [3.8, 4) is 11.5 Å². The average Bonchev–Trinajstić information content (AvgIpc) is 2.73. The van der Waals surface area contributed by atoms with Crippen LogP contribution in [0.15, 0.2) is 36.4 Å². The number of nitrogens with zero attached hydrogens (tertiary/aromatic N) is 2. The number of nitro benzene ring substituents is 2. The molecule has 15 heteroatoms. The third-order valence-electron chi connectivity index (χ3n) is 3.57. The lowest BCUT2D eigenvalue weighted by atomic mass is 10.1. The van der Waals surface area contributed by atoms with Crippen LogP contribution in [0.4, 0.5) is 30.2 Å². The van der Waals surface area contributed by atoms with Crippen LogP contribution in [0.25, 0.3) is 0 Å². The summed E-state index contributed by atoms with van der Waals surface area (Å²) in [6.45, 7) is 2.03. The summed E-state index contributed by atoms with van der Waals surface area (Å²) in [6, 6.07) is 5.48. The van der Waals surface area contributed by atoms with Crippen LogP contribution in [0.1, 0.15) is 12.5 Å². The van der Waals surface area contributed by atoms with Gasteiger partial charge in [-0.25, -0.2) is 0 Å². The van der Waals surface area contributed by atoms with Crippen LogP contribution in [0, 0.1) is 20.2 Å². The van der Waals surface area contributed by atoms with E-state index in [9.17, 15) is 38.0 Å². The SMILES string of the molecule is CCNc1cc(Oc2ccc([N+](=O)[O-])cc2C(F)(F)F)ccc1[N+](=O)[O-].CO[PH](=O)OC. The predicted octanol–water partition coefficient (Wildman–Crippen LogP) is 5.41. The first-order valence-electron chi connectivity index (χ1n) is 8.62. The first kappa shape index (κ1) is 26.8. The number of hydrogen-bond donors (Lipinski definition) is 1. The molecule has 0 spiro atoms. The summed E-state index contributed by atoms with van der Waals surface area (Å²) >= 11 is 0. The summed E-state index contributed by atoms with van der Waals surface area (Å²) in [5.74, 6) is -0.745. The van der Waals surface area contributed by atoms with E-state index in [1.165, 1.54) is 20.3 Å². The van der Waals surface area contributed by atoms with Gasteiger partial charge in [-0.3, -0.25) is 24.8 Å². The molecule has 2 aromatic rings. The van der Waals surface area contributed by atoms with E-state index in [2.05, 4.69) is 14.4 Å². The summed E-state index contributed by atoms with van der Waals surface area (Å²) in [6.07, 6.45) is -4.88. The Hall–Kier alpha value is -3.22. The molecule has 0 saturated heterocycles. The maximum Gasteiger partial charge on any atom is 0.420 e. The van der Waals surface area contributed by atoms with Gasteiger partial charge in [-0.2, -0.15) is 13.2 Å². The monoisotopic (exact) mass is 481 g/mol. The molecular formula is C17H19F3N3O8P. The van der Waals surface area contributed by atoms with Gasteiger partial charge < -0.3 is 19.1 Å². The normalized spacial score (nSPS) is 10.8. The van der Waals surface area contributed by atoms with E-state index < -0.39 is 41.3 Å². The van der Waals surface area contributed by atoms with Crippen molar-refractivity contribution in [2.45, 2.75) is 13.1 Å². The molecule has 2 aromatic carbocycles. The van der Waals surface area contributed by atoms with E-state index in [-0.39, 0.29) is 17.1 Å². The fourth-order valence-electron chi connectivity index (χ4n) is 2.22. The first-order chi connectivity index (χ1) is 14.9. The lowest BCUT2D eigenvalue weighted by Crippen LogP contribution is -2.08. The number of nitro groups is 2. The highest BCUT2D eigenvalue weighted by Crippen LogP contribution is 2.41. The third-order valence-corrected chi connectivity index (χ3v) is 4.24. The summed E-state index contributed by atoms with van der Waals surface area (Å²) in [5.41, 5.74) is -2.25. The minimum atomic E-state index is -4.88. The van der Waals surface area contributed by atoms with E-state index >= 15 is 0 Å². The van der Waals surface area contributed by atoms with E-state index in [0.29, 0.717) is 12.6 Å². The second-order valence-corrected chi connectivity index (χ2v) is 6.98. The molecule has 0 atom stereocenters. The van der Waals surface area contributed by atoms with Gasteiger partial charge >= 0.3 is 14.4 Å². The predicted molar refractivity (Wildman–Crippen MR) is 108 cm³/mol. The molecule has 1 N–H and O–H groups in total. The minimum Gasteiger partial charge on any atom is -0.457 e. The largest absolute Gasteiger partial charge is 0.457 e. The highest BCUT2D eigenvalue weighted by Gasteiger charge is 2.36. The lowest BCUT2D eigenvalue weighted by molar-refractivity contribution is -0.385. The Morgan fingerprint density at radius 2 is 1.66 bits per heavy atom. The van der Waals surface area contributed by atoms with Crippen molar-refractivity contribution in [1.29, 1.82) is 0 Å². The molecule has 0 saturated carbocycles. The minimum absolute atomic E-state index is 0.0745. The van der Waals surface area contributed by atoms with E-state index in [0.717, 1.165) is 24.3 Å². The number of halogens is 3. The van der Waals surface area contributed by atoms with Gasteiger partial charge in [0.05, 0.1) is 9.85 Å². The Morgan fingerprint density at radius 1 is 1.03 bits per heavy atom. The molecule has 32 heavy (non-hydrogen) atoms. The number of alkyl halides is 3. The molecule has 0 bridgehead atoms. The van der Waals surface area contributed by atoms with Gasteiger partial charge in [-0.1, -0.05) is 0 Å². The summed E-state index contributed by atoms with van der Waals surface area (Å²) < 4.78 is 63.0. The van der Waals surface area contributed by atoms with Crippen LogP contribution in [-0.4, -0.2) is 30.6 Å². The molecule has 2 rings (SSSR count). The standard InChI is InChI=1S/C15H12F3N3O5.C2H7O3P/c1-2-19-12-8-10(4-5-13(12)21(24)25)26-14-6-3-9(20(22)23)7-11(14)15(16,17)18;1-4-6(3)5-2/h3-8,19H,2H2,1H3;6H,1-2H3. The zero-order valence-electron chi connectivity index (χ0n) is 17.0. The summed E-state index contributed by atoms with van der Waals surface area (Å²) in [5, 5.41) is 24.4. The Balaban J connectivity index is 0.000000751. The Kier molecular flexibility index (Phi) is 10.0. The third kappa shape index (κ3) is 7.80. The number of ether oxygens (including phenoxy) is 1. The quantitative estimate of drug-likeness (QED) is 0.297. The van der Waals surface area contributed by atoms with Gasteiger partial charge in [0.15, 0.2) is 0 Å². The second kappa shape index (κ2) is 12.0. The Bertz CT molecular complexity index is 982. The number of benzene rings is 2. The molecule has 0 aliphatic rings. The fourth-order valence-corrected chi connectivity index (χ4v) is 2.39. The van der Waals surface area contributed by atoms with Crippen molar-refractivity contribution < 1.29 is 41.4 Å². The number of anilines is 1. The van der Waals surface area contributed by atoms with E-state index in [1.807, 2.05) is 0 Å². The molecule has 0 unspecified atom stereocenters. The highest BCUT2D eigenvalue weighted by atomic mass is 31.1. The van der Waals surface area contributed by atoms with E-state index in [1.54, 1.807) is 6.92 Å². The molecule has 0 fully saturated rings. The van der Waals surface area contributed by atoms with Crippen molar-refractivity contribution in [3.63, 3.8) is 0 Å². The number of rotatable bonds is 8. The van der Waals surface area contributed by atoms with E-state index in [4.69, 9.17) is 4.74 Å². The van der Waals surface area contributed by atoms with Crippen LogP contribution in [0.5, 0.6) is 11.5 Å². The smallest absolute Gasteiger partial charge is 0.420 e. The Labute approximate surface area is 180 Å². The zero-order chi connectivity index (χ0) is 24.5. The molecule has 0 amide bonds. The van der Waals surface area contributed by atoms with Crippen LogP contribution < -0.4 is 10.1 Å².